The highest BCUT2D eigenvalue weighted by Crippen LogP contribution is 2.35. The van der Waals surface area contributed by atoms with E-state index in [1.54, 1.807) is 13.0 Å². The molecule has 3 rings (SSSR count). The summed E-state index contributed by atoms with van der Waals surface area (Å²) >= 11 is 0. The van der Waals surface area contributed by atoms with Gasteiger partial charge in [0.05, 0.1) is 24.5 Å². The number of benzene rings is 1. The van der Waals surface area contributed by atoms with Gasteiger partial charge in [-0.25, -0.2) is 0 Å². The van der Waals surface area contributed by atoms with Crippen molar-refractivity contribution < 1.29 is 27.2 Å². The predicted octanol–water partition coefficient (Wildman–Crippen LogP) is 2.77. The van der Waals surface area contributed by atoms with Crippen molar-refractivity contribution in [3.05, 3.63) is 46.8 Å². The number of amides is 1. The monoisotopic (exact) mass is 369 g/mol. The number of aromatic nitrogens is 1. The number of morpholine rings is 1. The van der Waals surface area contributed by atoms with E-state index in [1.807, 2.05) is 4.90 Å². The third-order valence-corrected chi connectivity index (χ3v) is 4.07. The topological polar surface area (TPSA) is 67.6 Å². The van der Waals surface area contributed by atoms with Gasteiger partial charge in [0.2, 0.25) is 5.76 Å². The van der Waals surface area contributed by atoms with Crippen molar-refractivity contribution in [2.24, 2.45) is 0 Å². The highest BCUT2D eigenvalue weighted by Gasteiger charge is 2.34. The van der Waals surface area contributed by atoms with Crippen molar-refractivity contribution in [2.75, 3.05) is 31.2 Å². The van der Waals surface area contributed by atoms with Crippen LogP contribution in [0.25, 0.3) is 0 Å². The first-order valence-electron chi connectivity index (χ1n) is 8.09. The van der Waals surface area contributed by atoms with Crippen LogP contribution in [0.1, 0.15) is 27.4 Å². The fourth-order valence-electron chi connectivity index (χ4n) is 2.73. The van der Waals surface area contributed by atoms with Crippen LogP contribution < -0.4 is 10.2 Å². The second-order valence-electron chi connectivity index (χ2n) is 5.95. The fourth-order valence-corrected chi connectivity index (χ4v) is 2.73. The van der Waals surface area contributed by atoms with Crippen LogP contribution in [-0.4, -0.2) is 37.4 Å². The minimum Gasteiger partial charge on any atom is -0.378 e. The Morgan fingerprint density at radius 2 is 2.00 bits per heavy atom. The quantitative estimate of drug-likeness (QED) is 0.898. The zero-order chi connectivity index (χ0) is 18.7. The van der Waals surface area contributed by atoms with Gasteiger partial charge in [0.15, 0.2) is 0 Å². The van der Waals surface area contributed by atoms with Crippen LogP contribution in [0.5, 0.6) is 0 Å². The van der Waals surface area contributed by atoms with Gasteiger partial charge in [0.25, 0.3) is 5.91 Å². The lowest BCUT2D eigenvalue weighted by Gasteiger charge is -2.29. The molecule has 6 nitrogen and oxygen atoms in total. The van der Waals surface area contributed by atoms with E-state index in [0.29, 0.717) is 37.7 Å². The van der Waals surface area contributed by atoms with Crippen LogP contribution in [0.2, 0.25) is 0 Å². The number of anilines is 1. The molecule has 0 bridgehead atoms. The Labute approximate surface area is 147 Å². The van der Waals surface area contributed by atoms with Gasteiger partial charge in [-0.05, 0) is 24.6 Å². The summed E-state index contributed by atoms with van der Waals surface area (Å²) in [6.45, 7) is 3.42. The molecule has 2 heterocycles. The Morgan fingerprint density at radius 1 is 1.27 bits per heavy atom. The second-order valence-corrected chi connectivity index (χ2v) is 5.95. The van der Waals surface area contributed by atoms with E-state index in [0.717, 1.165) is 6.07 Å². The lowest BCUT2D eigenvalue weighted by molar-refractivity contribution is -0.138. The normalized spacial score (nSPS) is 15.2. The van der Waals surface area contributed by atoms with Crippen molar-refractivity contribution in [1.29, 1.82) is 0 Å². The van der Waals surface area contributed by atoms with Gasteiger partial charge in [0, 0.05) is 31.4 Å². The number of ether oxygens (including phenoxy) is 1. The highest BCUT2D eigenvalue weighted by atomic mass is 19.4. The molecule has 1 saturated heterocycles. The first-order chi connectivity index (χ1) is 12.3. The Balaban J connectivity index is 1.78. The third-order valence-electron chi connectivity index (χ3n) is 4.07. The first-order valence-corrected chi connectivity index (χ1v) is 8.09. The molecule has 0 aliphatic carbocycles. The van der Waals surface area contributed by atoms with Gasteiger partial charge in [-0.1, -0.05) is 11.2 Å². The van der Waals surface area contributed by atoms with Gasteiger partial charge >= 0.3 is 6.18 Å². The lowest BCUT2D eigenvalue weighted by atomic mass is 10.0. The molecule has 140 valence electrons. The number of rotatable bonds is 4. The van der Waals surface area contributed by atoms with Gasteiger partial charge in [-0.3, -0.25) is 4.79 Å². The third kappa shape index (κ3) is 4.16. The maximum atomic E-state index is 13.5. The number of alkyl halides is 3. The summed E-state index contributed by atoms with van der Waals surface area (Å²) in [5.41, 5.74) is 0.220. The second kappa shape index (κ2) is 7.36. The van der Waals surface area contributed by atoms with Crippen molar-refractivity contribution in [3.8, 4) is 0 Å². The molecule has 0 saturated carbocycles. The molecule has 1 aliphatic rings. The molecule has 1 amide bonds. The molecular weight excluding hydrogens is 351 g/mol. The SMILES string of the molecule is Cc1cc(C(=O)NCc2ccc(N3CCOCC3)cc2C(F)(F)F)on1. The average Bonchev–Trinajstić information content (AvgIpc) is 3.06. The summed E-state index contributed by atoms with van der Waals surface area (Å²) in [6, 6.07) is 5.55. The van der Waals surface area contributed by atoms with Gasteiger partial charge in [-0.15, -0.1) is 0 Å². The Kier molecular flexibility index (Phi) is 5.17. The van der Waals surface area contributed by atoms with Crippen LogP contribution in [0.3, 0.4) is 0 Å². The molecule has 26 heavy (non-hydrogen) atoms. The largest absolute Gasteiger partial charge is 0.416 e. The van der Waals surface area contributed by atoms with Crippen LogP contribution in [0, 0.1) is 6.92 Å². The molecule has 1 N–H and O–H groups in total. The summed E-state index contributed by atoms with van der Waals surface area (Å²) in [4.78, 5) is 13.8. The molecule has 1 aromatic heterocycles. The predicted molar refractivity (Wildman–Crippen MR) is 86.9 cm³/mol. The van der Waals surface area contributed by atoms with E-state index < -0.39 is 17.6 Å². The van der Waals surface area contributed by atoms with Crippen molar-refractivity contribution in [1.82, 2.24) is 10.5 Å². The maximum Gasteiger partial charge on any atom is 0.416 e. The van der Waals surface area contributed by atoms with Crippen molar-refractivity contribution in [3.63, 3.8) is 0 Å². The standard InChI is InChI=1S/C17H18F3N3O3/c1-11-8-15(26-22-11)16(24)21-10-12-2-3-13(9-14(12)17(18,19)20)23-4-6-25-7-5-23/h2-3,8-9H,4-7,10H2,1H3,(H,21,24). The summed E-state index contributed by atoms with van der Waals surface area (Å²) in [6.07, 6.45) is -4.52. The number of nitrogens with one attached hydrogen (secondary N) is 1. The van der Waals surface area contributed by atoms with E-state index in [9.17, 15) is 18.0 Å². The number of carbonyl (C=O) groups excluding carboxylic acids is 1. The smallest absolute Gasteiger partial charge is 0.378 e. The summed E-state index contributed by atoms with van der Waals surface area (Å²) in [7, 11) is 0. The number of nitrogens with zero attached hydrogens (tertiary/aromatic N) is 2. The van der Waals surface area contributed by atoms with E-state index in [1.165, 1.54) is 12.1 Å². The molecular formula is C17H18F3N3O3. The minimum atomic E-state index is -4.52. The number of aryl methyl sites for hydroxylation is 1. The molecule has 0 radical (unpaired) electrons. The molecule has 2 aromatic rings. The molecule has 1 aliphatic heterocycles. The summed E-state index contributed by atoms with van der Waals surface area (Å²) in [5, 5.41) is 6.02. The van der Waals surface area contributed by atoms with Crippen molar-refractivity contribution >= 4 is 11.6 Å². The van der Waals surface area contributed by atoms with Crippen LogP contribution in [0.4, 0.5) is 18.9 Å². The lowest BCUT2D eigenvalue weighted by Crippen LogP contribution is -2.36. The zero-order valence-corrected chi connectivity index (χ0v) is 14.1. The number of hydrogen-bond acceptors (Lipinski definition) is 5. The van der Waals surface area contributed by atoms with E-state index in [2.05, 4.69) is 10.5 Å². The highest BCUT2D eigenvalue weighted by molar-refractivity contribution is 5.91. The van der Waals surface area contributed by atoms with E-state index in [-0.39, 0.29) is 17.9 Å². The molecule has 0 atom stereocenters. The molecule has 9 heteroatoms. The number of halogens is 3. The molecule has 1 fully saturated rings. The average molecular weight is 369 g/mol. The minimum absolute atomic E-state index is 0.0147. The fraction of sp³-hybridized carbons (Fsp3) is 0.412. The molecule has 0 unspecified atom stereocenters. The van der Waals surface area contributed by atoms with Gasteiger partial charge < -0.3 is 19.5 Å². The Morgan fingerprint density at radius 3 is 2.62 bits per heavy atom. The van der Waals surface area contributed by atoms with Gasteiger partial charge in [-0.2, -0.15) is 13.2 Å². The summed E-state index contributed by atoms with van der Waals surface area (Å²) < 4.78 is 50.4. The maximum absolute atomic E-state index is 13.5. The van der Waals surface area contributed by atoms with Crippen LogP contribution in [0.15, 0.2) is 28.8 Å². The molecule has 0 spiro atoms. The van der Waals surface area contributed by atoms with Crippen molar-refractivity contribution in [2.45, 2.75) is 19.6 Å². The van der Waals surface area contributed by atoms with E-state index >= 15 is 0 Å². The Hall–Kier alpha value is -2.55. The zero-order valence-electron chi connectivity index (χ0n) is 14.1. The van der Waals surface area contributed by atoms with Crippen LogP contribution >= 0.6 is 0 Å². The van der Waals surface area contributed by atoms with Crippen LogP contribution in [-0.2, 0) is 17.5 Å². The molecule has 1 aromatic carbocycles. The number of carbonyl (C=O) groups is 1. The Bertz CT molecular complexity index is 783. The number of hydrogen-bond donors (Lipinski definition) is 1. The van der Waals surface area contributed by atoms with E-state index in [4.69, 9.17) is 9.26 Å². The van der Waals surface area contributed by atoms with Gasteiger partial charge in [0.1, 0.15) is 0 Å². The first kappa shape index (κ1) is 18.2. The summed E-state index contributed by atoms with van der Waals surface area (Å²) in [5.74, 6) is -0.656.